The van der Waals surface area contributed by atoms with Gasteiger partial charge in [-0.15, -0.1) is 0 Å². The fourth-order valence-electron chi connectivity index (χ4n) is 3.60. The number of nitrogens with zero attached hydrogens (tertiary/aromatic N) is 2. The summed E-state index contributed by atoms with van der Waals surface area (Å²) in [5.74, 6) is 2.80. The number of hydrogen-bond donors (Lipinski definition) is 0. The van der Waals surface area contributed by atoms with Gasteiger partial charge < -0.3 is 23.7 Å². The van der Waals surface area contributed by atoms with E-state index in [-0.39, 0.29) is 18.7 Å². The standard InChI is InChI=1S/C21H22N2O6/c1-12(24)23-16(13-5-6-17-18(7-13)29-11-28-17)10-15(22-23)14-8-19(25-2)21(27-4)20(9-14)26-3/h5-9,16H,10-11H2,1-4H3/t16-/m0/s1. The first kappa shape index (κ1) is 18.9. The number of rotatable bonds is 5. The maximum Gasteiger partial charge on any atom is 0.240 e. The molecule has 0 aromatic heterocycles. The summed E-state index contributed by atoms with van der Waals surface area (Å²) in [6.45, 7) is 1.70. The van der Waals surface area contributed by atoms with E-state index in [2.05, 4.69) is 5.10 Å². The van der Waals surface area contributed by atoms with Gasteiger partial charge >= 0.3 is 0 Å². The number of carbonyl (C=O) groups excluding carboxylic acids is 1. The number of ether oxygens (including phenoxy) is 5. The summed E-state index contributed by atoms with van der Waals surface area (Å²) in [6.07, 6.45) is 0.540. The third kappa shape index (κ3) is 3.30. The van der Waals surface area contributed by atoms with Crippen molar-refractivity contribution < 1.29 is 28.5 Å². The Morgan fingerprint density at radius 1 is 1.03 bits per heavy atom. The minimum atomic E-state index is -0.240. The smallest absolute Gasteiger partial charge is 0.240 e. The first-order chi connectivity index (χ1) is 14.0. The summed E-state index contributed by atoms with van der Waals surface area (Å²) < 4.78 is 27.1. The zero-order valence-electron chi connectivity index (χ0n) is 16.7. The van der Waals surface area contributed by atoms with Crippen molar-refractivity contribution in [3.05, 3.63) is 41.5 Å². The van der Waals surface area contributed by atoms with Crippen LogP contribution in [-0.4, -0.2) is 44.8 Å². The number of hydrazone groups is 1. The lowest BCUT2D eigenvalue weighted by atomic mass is 9.97. The number of hydrogen-bond acceptors (Lipinski definition) is 7. The van der Waals surface area contributed by atoms with Crippen molar-refractivity contribution >= 4 is 11.6 Å². The summed E-state index contributed by atoms with van der Waals surface area (Å²) >= 11 is 0. The molecule has 29 heavy (non-hydrogen) atoms. The highest BCUT2D eigenvalue weighted by Crippen LogP contribution is 2.42. The van der Waals surface area contributed by atoms with Gasteiger partial charge in [0.15, 0.2) is 23.0 Å². The van der Waals surface area contributed by atoms with Crippen LogP contribution in [0.3, 0.4) is 0 Å². The Bertz CT molecular complexity index is 962. The van der Waals surface area contributed by atoms with Crippen LogP contribution in [0.5, 0.6) is 28.7 Å². The number of amides is 1. The van der Waals surface area contributed by atoms with Crippen LogP contribution < -0.4 is 23.7 Å². The molecule has 1 amide bonds. The Labute approximate surface area is 168 Å². The maximum absolute atomic E-state index is 12.3. The summed E-state index contributed by atoms with van der Waals surface area (Å²) in [6, 6.07) is 9.11. The fourth-order valence-corrected chi connectivity index (χ4v) is 3.60. The topological polar surface area (TPSA) is 78.8 Å². The zero-order valence-corrected chi connectivity index (χ0v) is 16.7. The normalized spacial score (nSPS) is 17.2. The SMILES string of the molecule is COc1cc(C2=NN(C(C)=O)[C@H](c3ccc4c(c3)OCO4)C2)cc(OC)c1OC. The highest BCUT2D eigenvalue weighted by molar-refractivity contribution is 6.04. The maximum atomic E-state index is 12.3. The van der Waals surface area contributed by atoms with Gasteiger partial charge in [0.1, 0.15) is 0 Å². The van der Waals surface area contributed by atoms with E-state index in [1.807, 2.05) is 30.3 Å². The molecule has 0 aliphatic carbocycles. The second-order valence-corrected chi connectivity index (χ2v) is 6.66. The molecule has 4 rings (SSSR count). The third-order valence-corrected chi connectivity index (χ3v) is 5.01. The van der Waals surface area contributed by atoms with Crippen molar-refractivity contribution in [1.29, 1.82) is 0 Å². The number of methoxy groups -OCH3 is 3. The fraction of sp³-hybridized carbons (Fsp3) is 0.333. The molecular formula is C21H22N2O6. The molecule has 1 atom stereocenters. The van der Waals surface area contributed by atoms with Crippen LogP contribution in [0.2, 0.25) is 0 Å². The van der Waals surface area contributed by atoms with E-state index < -0.39 is 0 Å². The molecule has 2 aliphatic rings. The molecule has 2 heterocycles. The predicted octanol–water partition coefficient (Wildman–Crippen LogP) is 3.14. The molecule has 0 saturated heterocycles. The molecule has 0 fully saturated rings. The van der Waals surface area contributed by atoms with E-state index >= 15 is 0 Å². The van der Waals surface area contributed by atoms with Gasteiger partial charge in [-0.1, -0.05) is 6.07 Å². The highest BCUT2D eigenvalue weighted by Gasteiger charge is 2.33. The first-order valence-corrected chi connectivity index (χ1v) is 9.13. The van der Waals surface area contributed by atoms with E-state index in [1.165, 1.54) is 11.9 Å². The second-order valence-electron chi connectivity index (χ2n) is 6.66. The van der Waals surface area contributed by atoms with Gasteiger partial charge in [-0.25, -0.2) is 5.01 Å². The lowest BCUT2D eigenvalue weighted by Crippen LogP contribution is -2.24. The van der Waals surface area contributed by atoms with Gasteiger partial charge in [0.05, 0.1) is 33.1 Å². The lowest BCUT2D eigenvalue weighted by molar-refractivity contribution is -0.130. The van der Waals surface area contributed by atoms with E-state index in [1.54, 1.807) is 21.3 Å². The molecule has 0 saturated carbocycles. The second kappa shape index (κ2) is 7.54. The largest absolute Gasteiger partial charge is 0.493 e. The van der Waals surface area contributed by atoms with Crippen molar-refractivity contribution in [3.8, 4) is 28.7 Å². The Hall–Kier alpha value is -3.42. The van der Waals surface area contributed by atoms with Crippen LogP contribution in [-0.2, 0) is 4.79 Å². The third-order valence-electron chi connectivity index (χ3n) is 5.01. The van der Waals surface area contributed by atoms with Crippen molar-refractivity contribution in [2.45, 2.75) is 19.4 Å². The van der Waals surface area contributed by atoms with Crippen molar-refractivity contribution in [2.75, 3.05) is 28.1 Å². The van der Waals surface area contributed by atoms with Crippen LogP contribution in [0.15, 0.2) is 35.4 Å². The summed E-state index contributed by atoms with van der Waals surface area (Å²) in [5, 5.41) is 6.09. The van der Waals surface area contributed by atoms with E-state index in [4.69, 9.17) is 23.7 Å². The molecule has 0 bridgehead atoms. The van der Waals surface area contributed by atoms with Gasteiger partial charge in [-0.2, -0.15) is 5.10 Å². The Morgan fingerprint density at radius 2 is 1.72 bits per heavy atom. The molecule has 152 valence electrons. The van der Waals surface area contributed by atoms with Gasteiger partial charge in [-0.05, 0) is 29.8 Å². The summed E-state index contributed by atoms with van der Waals surface area (Å²) in [7, 11) is 4.68. The minimum absolute atomic E-state index is 0.143. The number of fused-ring (bicyclic) bond motifs is 1. The van der Waals surface area contributed by atoms with Crippen LogP contribution in [0.25, 0.3) is 0 Å². The molecule has 8 heteroatoms. The van der Waals surface area contributed by atoms with Crippen LogP contribution >= 0.6 is 0 Å². The van der Waals surface area contributed by atoms with Gasteiger partial charge in [0.25, 0.3) is 0 Å². The quantitative estimate of drug-likeness (QED) is 0.770. The van der Waals surface area contributed by atoms with Crippen molar-refractivity contribution in [2.24, 2.45) is 5.10 Å². The van der Waals surface area contributed by atoms with Crippen LogP contribution in [0, 0.1) is 0 Å². The average Bonchev–Trinajstić information content (AvgIpc) is 3.39. The molecule has 2 aromatic rings. The number of benzene rings is 2. The minimum Gasteiger partial charge on any atom is -0.493 e. The predicted molar refractivity (Wildman–Crippen MR) is 105 cm³/mol. The highest BCUT2D eigenvalue weighted by atomic mass is 16.7. The van der Waals surface area contributed by atoms with Crippen molar-refractivity contribution in [3.63, 3.8) is 0 Å². The Morgan fingerprint density at radius 3 is 2.34 bits per heavy atom. The van der Waals surface area contributed by atoms with Crippen LogP contribution in [0.1, 0.15) is 30.5 Å². The van der Waals surface area contributed by atoms with Gasteiger partial charge in [0, 0.05) is 18.9 Å². The van der Waals surface area contributed by atoms with Gasteiger partial charge in [-0.3, -0.25) is 4.79 Å². The summed E-state index contributed by atoms with van der Waals surface area (Å²) in [4.78, 5) is 12.3. The molecule has 0 unspecified atom stereocenters. The molecule has 0 N–H and O–H groups in total. The first-order valence-electron chi connectivity index (χ1n) is 9.13. The Balaban J connectivity index is 1.71. The van der Waals surface area contributed by atoms with E-state index in [0.29, 0.717) is 35.2 Å². The molecule has 0 spiro atoms. The average molecular weight is 398 g/mol. The van der Waals surface area contributed by atoms with Crippen molar-refractivity contribution in [1.82, 2.24) is 5.01 Å². The molecule has 0 radical (unpaired) electrons. The van der Waals surface area contributed by atoms with E-state index in [0.717, 1.165) is 16.8 Å². The number of carbonyl (C=O) groups is 1. The molecule has 2 aromatic carbocycles. The molecular weight excluding hydrogens is 376 g/mol. The van der Waals surface area contributed by atoms with Gasteiger partial charge in [0.2, 0.25) is 18.4 Å². The zero-order chi connectivity index (χ0) is 20.5. The van der Waals surface area contributed by atoms with E-state index in [9.17, 15) is 4.79 Å². The van der Waals surface area contributed by atoms with Crippen LogP contribution in [0.4, 0.5) is 0 Å². The Kier molecular flexibility index (Phi) is 4.92. The molecule has 8 nitrogen and oxygen atoms in total. The monoisotopic (exact) mass is 398 g/mol. The summed E-state index contributed by atoms with van der Waals surface area (Å²) in [5.41, 5.74) is 2.48. The lowest BCUT2D eigenvalue weighted by Gasteiger charge is -2.20. The molecule has 2 aliphatic heterocycles.